The highest BCUT2D eigenvalue weighted by atomic mass is 19.3. The Morgan fingerprint density at radius 2 is 1.80 bits per heavy atom. The van der Waals surface area contributed by atoms with Crippen molar-refractivity contribution in [3.63, 3.8) is 0 Å². The summed E-state index contributed by atoms with van der Waals surface area (Å²) in [5.74, 6) is -6.26. The summed E-state index contributed by atoms with van der Waals surface area (Å²) < 4.78 is 74.4. The van der Waals surface area contributed by atoms with Gasteiger partial charge in [0.05, 0.1) is 24.2 Å². The molecule has 1 saturated heterocycles. The highest BCUT2D eigenvalue weighted by Crippen LogP contribution is 2.44. The molecule has 35 heavy (non-hydrogen) atoms. The number of halogens is 5. The van der Waals surface area contributed by atoms with Gasteiger partial charge in [0.1, 0.15) is 24.1 Å². The molecule has 1 fully saturated rings. The van der Waals surface area contributed by atoms with E-state index >= 15 is 8.78 Å². The molecule has 3 heterocycles. The van der Waals surface area contributed by atoms with E-state index in [1.165, 1.54) is 17.0 Å². The Morgan fingerprint density at radius 3 is 2.40 bits per heavy atom. The van der Waals surface area contributed by atoms with Crippen molar-refractivity contribution in [1.82, 2.24) is 15.2 Å². The summed E-state index contributed by atoms with van der Waals surface area (Å²) in [5.41, 5.74) is 0.557. The normalized spacial score (nSPS) is 22.3. The molecule has 0 aliphatic carbocycles. The molecule has 1 aromatic heterocycles. The smallest absolute Gasteiger partial charge is 0.283 e. The van der Waals surface area contributed by atoms with Gasteiger partial charge in [0.15, 0.2) is 0 Å². The number of H-pyrrole nitrogens is 1. The lowest BCUT2D eigenvalue weighted by Gasteiger charge is -2.42. The molecule has 3 atom stereocenters. The zero-order valence-corrected chi connectivity index (χ0v) is 19.0. The van der Waals surface area contributed by atoms with Crippen LogP contribution in [0.5, 0.6) is 0 Å². The third-order valence-corrected chi connectivity index (χ3v) is 7.22. The van der Waals surface area contributed by atoms with Gasteiger partial charge < -0.3 is 20.5 Å². The first-order chi connectivity index (χ1) is 16.6. The van der Waals surface area contributed by atoms with Crippen molar-refractivity contribution in [3.05, 3.63) is 70.2 Å². The number of hydrogen-bond acceptors (Lipinski definition) is 4. The average molecular weight is 495 g/mol. The first-order valence-corrected chi connectivity index (χ1v) is 11.5. The fraction of sp³-hybridized carbons (Fsp3) is 0.440. The third-order valence-electron chi connectivity index (χ3n) is 7.22. The Morgan fingerprint density at radius 1 is 1.11 bits per heavy atom. The summed E-state index contributed by atoms with van der Waals surface area (Å²) >= 11 is 0. The minimum Gasteiger partial charge on any atom is -0.390 e. The highest BCUT2D eigenvalue weighted by molar-refractivity contribution is 5.86. The second-order valence-electron chi connectivity index (χ2n) is 9.58. The minimum absolute atomic E-state index is 0.0641. The van der Waals surface area contributed by atoms with E-state index in [2.05, 4.69) is 10.3 Å². The summed E-state index contributed by atoms with van der Waals surface area (Å²) in [6, 6.07) is 4.58. The van der Waals surface area contributed by atoms with Crippen LogP contribution in [0.4, 0.5) is 22.0 Å². The molecule has 10 heteroatoms. The Bertz CT molecular complexity index is 1240. The van der Waals surface area contributed by atoms with E-state index < -0.39 is 60.3 Å². The number of nitrogens with one attached hydrogen (secondary N) is 2. The lowest BCUT2D eigenvalue weighted by Crippen LogP contribution is -2.49. The zero-order valence-electron chi connectivity index (χ0n) is 19.0. The second kappa shape index (κ2) is 8.85. The van der Waals surface area contributed by atoms with Crippen LogP contribution in [0.15, 0.2) is 30.3 Å². The number of rotatable bonds is 6. The van der Waals surface area contributed by atoms with Crippen molar-refractivity contribution < 1.29 is 32.2 Å². The molecule has 0 spiro atoms. The molecule has 4 N–H and O–H groups in total. The van der Waals surface area contributed by atoms with E-state index in [-0.39, 0.29) is 29.1 Å². The number of nitrogens with zero attached hydrogens (tertiary/aromatic N) is 1. The average Bonchev–Trinajstić information content (AvgIpc) is 3.13. The van der Waals surface area contributed by atoms with E-state index in [1.807, 2.05) is 0 Å². The minimum atomic E-state index is -3.53. The molecule has 0 saturated carbocycles. The number of hydrogen-bond donors (Lipinski definition) is 4. The van der Waals surface area contributed by atoms with Crippen molar-refractivity contribution in [2.75, 3.05) is 26.2 Å². The number of para-hydroxylation sites is 1. The fourth-order valence-corrected chi connectivity index (χ4v) is 5.26. The summed E-state index contributed by atoms with van der Waals surface area (Å²) in [6.45, 7) is 0.298. The largest absolute Gasteiger partial charge is 0.390 e. The van der Waals surface area contributed by atoms with Gasteiger partial charge in [-0.2, -0.15) is 0 Å². The van der Waals surface area contributed by atoms with Crippen molar-refractivity contribution in [2.24, 2.45) is 5.92 Å². The van der Waals surface area contributed by atoms with Gasteiger partial charge in [-0.3, -0.25) is 4.90 Å². The number of aromatic nitrogens is 1. The number of alkyl halides is 2. The van der Waals surface area contributed by atoms with Gasteiger partial charge in [-0.25, -0.2) is 22.0 Å². The lowest BCUT2D eigenvalue weighted by atomic mass is 9.86. The lowest BCUT2D eigenvalue weighted by molar-refractivity contribution is -0.0869. The molecule has 2 aliphatic rings. The van der Waals surface area contributed by atoms with Crippen molar-refractivity contribution in [2.45, 2.75) is 37.5 Å². The Hall–Kier alpha value is -2.53. The van der Waals surface area contributed by atoms with Crippen LogP contribution in [0.2, 0.25) is 0 Å². The molecule has 1 unspecified atom stereocenters. The van der Waals surface area contributed by atoms with Gasteiger partial charge in [-0.1, -0.05) is 12.1 Å². The zero-order chi connectivity index (χ0) is 25.1. The maximum atomic E-state index is 15.6. The number of aromatic amines is 1. The van der Waals surface area contributed by atoms with E-state index in [4.69, 9.17) is 0 Å². The Labute approximate surface area is 198 Å². The summed E-state index contributed by atoms with van der Waals surface area (Å²) in [4.78, 5) is 4.14. The molecule has 0 radical (unpaired) electrons. The van der Waals surface area contributed by atoms with Gasteiger partial charge >= 0.3 is 0 Å². The van der Waals surface area contributed by atoms with Crippen LogP contribution in [-0.4, -0.2) is 58.3 Å². The highest BCUT2D eigenvalue weighted by Gasteiger charge is 2.44. The number of fused-ring (bicyclic) bond motifs is 3. The topological polar surface area (TPSA) is 71.5 Å². The predicted octanol–water partition coefficient (Wildman–Crippen LogP) is 3.80. The quantitative estimate of drug-likeness (QED) is 0.393. The van der Waals surface area contributed by atoms with Crippen LogP contribution in [0, 0.1) is 23.4 Å². The molecule has 5 rings (SSSR count). The monoisotopic (exact) mass is 495 g/mol. The van der Waals surface area contributed by atoms with Crippen LogP contribution in [0.25, 0.3) is 10.9 Å². The Balaban J connectivity index is 1.68. The van der Waals surface area contributed by atoms with Crippen molar-refractivity contribution in [1.29, 1.82) is 0 Å². The standard InChI is InChI=1S/C25H26F5N3O2/c1-12-5-16-15-3-2-4-17(26)21(15)32-22(16)23(33(12)10-25(29,30)11-34)20-18(27)6-13(7-19(20)28)24(35)14-8-31-9-14/h2-4,6-7,12,14,23-24,31-32,34-35H,5,8-11H2,1H3/t12-,23-,24?/m1/s1. The van der Waals surface area contributed by atoms with Gasteiger partial charge in [0.2, 0.25) is 0 Å². The molecule has 0 bridgehead atoms. The number of benzene rings is 2. The summed E-state index contributed by atoms with van der Waals surface area (Å²) in [5, 5.41) is 23.2. The number of aliphatic hydroxyl groups excluding tert-OH is 2. The van der Waals surface area contributed by atoms with Crippen LogP contribution in [0.1, 0.15) is 41.5 Å². The van der Waals surface area contributed by atoms with Gasteiger partial charge in [0.25, 0.3) is 5.92 Å². The molecular formula is C25H26F5N3O2. The second-order valence-corrected chi connectivity index (χ2v) is 9.58. The van der Waals surface area contributed by atoms with Gasteiger partial charge in [-0.15, -0.1) is 0 Å². The molecular weight excluding hydrogens is 469 g/mol. The maximum absolute atomic E-state index is 15.6. The van der Waals surface area contributed by atoms with Crippen LogP contribution in [-0.2, 0) is 6.42 Å². The third kappa shape index (κ3) is 4.12. The predicted molar refractivity (Wildman–Crippen MR) is 120 cm³/mol. The summed E-state index contributed by atoms with van der Waals surface area (Å²) in [7, 11) is 0. The van der Waals surface area contributed by atoms with E-state index in [1.54, 1.807) is 13.0 Å². The fourth-order valence-electron chi connectivity index (χ4n) is 5.26. The molecule has 5 nitrogen and oxygen atoms in total. The van der Waals surface area contributed by atoms with E-state index in [0.29, 0.717) is 24.0 Å². The Kier molecular flexibility index (Phi) is 6.11. The van der Waals surface area contributed by atoms with Crippen molar-refractivity contribution >= 4 is 10.9 Å². The molecule has 2 aliphatic heterocycles. The first kappa shape index (κ1) is 24.2. The van der Waals surface area contributed by atoms with Gasteiger partial charge in [0, 0.05) is 41.7 Å². The van der Waals surface area contributed by atoms with E-state index in [9.17, 15) is 23.4 Å². The van der Waals surface area contributed by atoms with Crippen molar-refractivity contribution in [3.8, 4) is 0 Å². The molecule has 3 aromatic rings. The SMILES string of the molecule is C[C@@H]1Cc2c([nH]c3c(F)cccc23)[C@@H](c2c(F)cc(C(O)C3CNC3)cc2F)N1CC(F)(F)CO. The summed E-state index contributed by atoms with van der Waals surface area (Å²) in [6.07, 6.45) is -0.835. The van der Waals surface area contributed by atoms with Crippen LogP contribution < -0.4 is 5.32 Å². The van der Waals surface area contributed by atoms with E-state index in [0.717, 1.165) is 12.1 Å². The van der Waals surface area contributed by atoms with Crippen LogP contribution >= 0.6 is 0 Å². The molecule has 0 amide bonds. The first-order valence-electron chi connectivity index (χ1n) is 11.5. The van der Waals surface area contributed by atoms with Crippen LogP contribution in [0.3, 0.4) is 0 Å². The molecule has 188 valence electrons. The van der Waals surface area contributed by atoms with Gasteiger partial charge in [-0.05, 0) is 42.7 Å². The maximum Gasteiger partial charge on any atom is 0.283 e. The number of aliphatic hydroxyl groups is 2. The molecule has 2 aromatic carbocycles.